The van der Waals surface area contributed by atoms with Gasteiger partial charge in [-0.2, -0.15) is 0 Å². The van der Waals surface area contributed by atoms with Crippen molar-refractivity contribution in [2.75, 3.05) is 5.73 Å². The van der Waals surface area contributed by atoms with Crippen LogP contribution in [0.1, 0.15) is 5.56 Å². The van der Waals surface area contributed by atoms with Gasteiger partial charge in [0.15, 0.2) is 0 Å². The van der Waals surface area contributed by atoms with Crippen molar-refractivity contribution in [3.05, 3.63) is 48.0 Å². The van der Waals surface area contributed by atoms with E-state index in [-0.39, 0.29) is 6.42 Å². The average molecular weight is 269 g/mol. The van der Waals surface area contributed by atoms with Crippen LogP contribution in [0.5, 0.6) is 11.5 Å². The third kappa shape index (κ3) is 2.40. The summed E-state index contributed by atoms with van der Waals surface area (Å²) >= 11 is 0. The second kappa shape index (κ2) is 4.81. The number of hydrogen-bond acceptors (Lipinski definition) is 4. The van der Waals surface area contributed by atoms with Crippen LogP contribution in [0.3, 0.4) is 0 Å². The van der Waals surface area contributed by atoms with E-state index in [4.69, 9.17) is 20.1 Å². The molecule has 0 fully saturated rings. The quantitative estimate of drug-likeness (QED) is 0.643. The molecule has 0 bridgehead atoms. The molecule has 0 spiro atoms. The number of aliphatic carboxylic acids is 1. The van der Waals surface area contributed by atoms with Crippen LogP contribution in [0.4, 0.5) is 5.69 Å². The summed E-state index contributed by atoms with van der Waals surface area (Å²) in [6.07, 6.45) is -0.0421. The Bertz CT molecular complexity index is 674. The molecular formula is C14H12BNO4. The van der Waals surface area contributed by atoms with E-state index in [1.165, 1.54) is 0 Å². The van der Waals surface area contributed by atoms with Crippen LogP contribution in [0.2, 0.25) is 0 Å². The lowest BCUT2D eigenvalue weighted by Gasteiger charge is -2.05. The Morgan fingerprint density at radius 2 is 1.95 bits per heavy atom. The van der Waals surface area contributed by atoms with Gasteiger partial charge in [-0.15, -0.1) is 0 Å². The maximum atomic E-state index is 10.7. The molecule has 0 amide bonds. The molecule has 100 valence electrons. The van der Waals surface area contributed by atoms with Crippen LogP contribution < -0.4 is 20.5 Å². The Morgan fingerprint density at radius 1 is 1.15 bits per heavy atom. The summed E-state index contributed by atoms with van der Waals surface area (Å²) in [6.45, 7) is 0. The highest BCUT2D eigenvalue weighted by atomic mass is 16.6. The van der Waals surface area contributed by atoms with Crippen LogP contribution in [0.15, 0.2) is 42.5 Å². The van der Waals surface area contributed by atoms with E-state index in [0.717, 1.165) is 5.46 Å². The van der Waals surface area contributed by atoms with Crippen molar-refractivity contribution in [2.45, 2.75) is 6.42 Å². The third-order valence-electron chi connectivity index (χ3n) is 3.01. The topological polar surface area (TPSA) is 81.8 Å². The van der Waals surface area contributed by atoms with E-state index in [0.29, 0.717) is 22.7 Å². The van der Waals surface area contributed by atoms with Gasteiger partial charge < -0.3 is 20.1 Å². The fourth-order valence-electron chi connectivity index (χ4n) is 2.12. The molecule has 0 saturated heterocycles. The minimum atomic E-state index is -0.878. The summed E-state index contributed by atoms with van der Waals surface area (Å²) < 4.78 is 11.4. The van der Waals surface area contributed by atoms with E-state index >= 15 is 0 Å². The van der Waals surface area contributed by atoms with E-state index in [9.17, 15) is 4.79 Å². The number of fused-ring (bicyclic) bond motifs is 1. The molecule has 0 aromatic heterocycles. The van der Waals surface area contributed by atoms with Gasteiger partial charge in [-0.3, -0.25) is 4.79 Å². The van der Waals surface area contributed by atoms with Crippen molar-refractivity contribution in [3.63, 3.8) is 0 Å². The van der Waals surface area contributed by atoms with Gasteiger partial charge in [-0.05, 0) is 29.8 Å². The van der Waals surface area contributed by atoms with E-state index in [1.807, 2.05) is 12.1 Å². The van der Waals surface area contributed by atoms with Crippen molar-refractivity contribution >= 4 is 24.2 Å². The number of carbonyl (C=O) groups is 1. The second-order valence-corrected chi connectivity index (χ2v) is 4.59. The number of benzene rings is 2. The van der Waals surface area contributed by atoms with Gasteiger partial charge in [0.1, 0.15) is 11.5 Å². The average Bonchev–Trinajstić information content (AvgIpc) is 2.81. The predicted molar refractivity (Wildman–Crippen MR) is 75.3 cm³/mol. The Hall–Kier alpha value is -2.63. The molecule has 0 aliphatic carbocycles. The molecule has 2 aromatic rings. The third-order valence-corrected chi connectivity index (χ3v) is 3.01. The molecule has 2 aromatic carbocycles. The molecule has 5 nitrogen and oxygen atoms in total. The molecule has 1 aliphatic rings. The second-order valence-electron chi connectivity index (χ2n) is 4.59. The van der Waals surface area contributed by atoms with E-state index < -0.39 is 13.1 Å². The summed E-state index contributed by atoms with van der Waals surface area (Å²) in [6, 6.07) is 12.4. The maximum absolute atomic E-state index is 10.7. The Morgan fingerprint density at radius 3 is 2.70 bits per heavy atom. The molecule has 0 atom stereocenters. The van der Waals surface area contributed by atoms with Crippen molar-refractivity contribution in [3.8, 4) is 11.5 Å². The first kappa shape index (κ1) is 12.4. The molecule has 1 heterocycles. The SMILES string of the molecule is Nc1cccc(B2Oc3ccc(CC(=O)O)cc3O2)c1. The Balaban J connectivity index is 1.83. The Kier molecular flexibility index (Phi) is 2.98. The van der Waals surface area contributed by atoms with Gasteiger partial charge in [0.05, 0.1) is 6.42 Å². The smallest absolute Gasteiger partial charge is 0.519 e. The molecule has 0 radical (unpaired) electrons. The zero-order valence-electron chi connectivity index (χ0n) is 10.6. The van der Waals surface area contributed by atoms with E-state index in [1.54, 1.807) is 30.3 Å². The predicted octanol–water partition coefficient (Wildman–Crippen LogP) is 1.06. The largest absolute Gasteiger partial charge is 0.632 e. The molecule has 3 N–H and O–H groups in total. The van der Waals surface area contributed by atoms with Crippen LogP contribution >= 0.6 is 0 Å². The zero-order chi connectivity index (χ0) is 14.1. The number of carboxylic acid groups (broad SMARTS) is 1. The lowest BCUT2D eigenvalue weighted by atomic mass is 9.79. The van der Waals surface area contributed by atoms with Gasteiger partial charge in [0, 0.05) is 11.2 Å². The fourth-order valence-corrected chi connectivity index (χ4v) is 2.12. The first-order valence-corrected chi connectivity index (χ1v) is 6.15. The number of hydrogen-bond donors (Lipinski definition) is 2. The summed E-state index contributed by atoms with van der Waals surface area (Å²) in [4.78, 5) is 10.7. The van der Waals surface area contributed by atoms with Gasteiger partial charge in [-0.1, -0.05) is 18.2 Å². The monoisotopic (exact) mass is 269 g/mol. The molecule has 3 rings (SSSR count). The molecule has 0 unspecified atom stereocenters. The highest BCUT2D eigenvalue weighted by Gasteiger charge is 2.34. The highest BCUT2D eigenvalue weighted by molar-refractivity contribution is 6.63. The van der Waals surface area contributed by atoms with Crippen molar-refractivity contribution in [1.29, 1.82) is 0 Å². The standard InChI is InChI=1S/C14H12BNO4/c16-11-3-1-2-10(8-11)15-19-12-5-4-9(7-14(17)18)6-13(12)20-15/h1-6,8H,7,16H2,(H,17,18). The number of nitrogen functional groups attached to an aromatic ring is 1. The lowest BCUT2D eigenvalue weighted by Crippen LogP contribution is -2.39. The number of rotatable bonds is 3. The van der Waals surface area contributed by atoms with Gasteiger partial charge in [0.25, 0.3) is 0 Å². The molecular weight excluding hydrogens is 257 g/mol. The summed E-state index contributed by atoms with van der Waals surface area (Å²) in [5, 5.41) is 8.79. The molecule has 6 heteroatoms. The first-order chi connectivity index (χ1) is 9.61. The van der Waals surface area contributed by atoms with Crippen molar-refractivity contribution < 1.29 is 19.2 Å². The minimum absolute atomic E-state index is 0.0421. The number of anilines is 1. The fraction of sp³-hybridized carbons (Fsp3) is 0.0714. The van der Waals surface area contributed by atoms with Crippen molar-refractivity contribution in [1.82, 2.24) is 0 Å². The lowest BCUT2D eigenvalue weighted by molar-refractivity contribution is -0.136. The normalized spacial score (nSPS) is 12.5. The summed E-state index contributed by atoms with van der Waals surface area (Å²) in [5.74, 6) is 0.277. The molecule has 1 aliphatic heterocycles. The number of nitrogens with two attached hydrogens (primary N) is 1. The minimum Gasteiger partial charge on any atom is -0.519 e. The zero-order valence-corrected chi connectivity index (χ0v) is 10.6. The maximum Gasteiger partial charge on any atom is 0.632 e. The summed E-state index contributed by atoms with van der Waals surface area (Å²) in [7, 11) is -0.548. The van der Waals surface area contributed by atoms with E-state index in [2.05, 4.69) is 0 Å². The van der Waals surface area contributed by atoms with Crippen LogP contribution in [-0.2, 0) is 11.2 Å². The van der Waals surface area contributed by atoms with Crippen LogP contribution in [0.25, 0.3) is 0 Å². The van der Waals surface area contributed by atoms with Crippen LogP contribution in [-0.4, -0.2) is 18.2 Å². The Labute approximate surface area is 116 Å². The molecule has 0 saturated carbocycles. The summed E-state index contributed by atoms with van der Waals surface area (Å²) in [5.41, 5.74) is 7.86. The molecule has 20 heavy (non-hydrogen) atoms. The van der Waals surface area contributed by atoms with Crippen LogP contribution in [0, 0.1) is 0 Å². The first-order valence-electron chi connectivity index (χ1n) is 6.15. The van der Waals surface area contributed by atoms with Crippen molar-refractivity contribution in [2.24, 2.45) is 0 Å². The highest BCUT2D eigenvalue weighted by Crippen LogP contribution is 2.34. The van der Waals surface area contributed by atoms with Gasteiger partial charge >= 0.3 is 13.1 Å². The van der Waals surface area contributed by atoms with Gasteiger partial charge in [-0.25, -0.2) is 0 Å². The number of carboxylic acids is 1. The van der Waals surface area contributed by atoms with Gasteiger partial charge in [0.2, 0.25) is 0 Å².